The number of aryl methyl sites for hydroxylation is 1. The number of carbonyl (C=O) groups is 6. The van der Waals surface area contributed by atoms with E-state index in [0.29, 0.717) is 43.5 Å². The number of Topliss-reactive ketones (excluding diaryl/α,β-unsaturated/α-hetero) is 1. The van der Waals surface area contributed by atoms with E-state index in [0.717, 1.165) is 16.9 Å². The number of benzene rings is 1. The van der Waals surface area contributed by atoms with Crippen LogP contribution in [0.4, 0.5) is 4.79 Å². The van der Waals surface area contributed by atoms with Crippen molar-refractivity contribution in [1.29, 1.82) is 0 Å². The van der Waals surface area contributed by atoms with E-state index >= 15 is 0 Å². The minimum absolute atomic E-state index is 0.0291. The summed E-state index contributed by atoms with van der Waals surface area (Å²) in [5, 5.41) is 6.94. The van der Waals surface area contributed by atoms with E-state index in [1.165, 1.54) is 16.9 Å². The lowest BCUT2D eigenvalue weighted by Gasteiger charge is -2.41. The molecule has 196 valence electrons. The summed E-state index contributed by atoms with van der Waals surface area (Å²) in [5.41, 5.74) is 3.52. The van der Waals surface area contributed by atoms with Crippen LogP contribution in [0, 0.1) is 0 Å². The first-order valence-corrected chi connectivity index (χ1v) is 12.1. The number of amides is 4. The van der Waals surface area contributed by atoms with Gasteiger partial charge in [0.05, 0.1) is 12.6 Å². The van der Waals surface area contributed by atoms with Crippen LogP contribution in [0.2, 0.25) is 5.02 Å². The van der Waals surface area contributed by atoms with Gasteiger partial charge in [0.2, 0.25) is 11.8 Å². The molecule has 1 aromatic carbocycles. The molecule has 2 saturated heterocycles. The number of hydrazine groups is 2. The zero-order chi connectivity index (χ0) is 26.7. The highest BCUT2D eigenvalue weighted by Gasteiger charge is 2.40. The van der Waals surface area contributed by atoms with Crippen LogP contribution in [0.15, 0.2) is 24.3 Å². The highest BCUT2D eigenvalue weighted by molar-refractivity contribution is 6.30. The number of fused-ring (bicyclic) bond motifs is 1. The summed E-state index contributed by atoms with van der Waals surface area (Å²) < 4.78 is 0. The minimum atomic E-state index is -0.693. The first-order valence-electron chi connectivity index (χ1n) is 11.7. The normalized spacial score (nSPS) is 18.3. The lowest BCUT2D eigenvalue weighted by Crippen LogP contribution is -2.61. The molecule has 2 N–H and O–H groups in total. The number of carbonyl (C=O) groups excluding carboxylic acids is 6. The third-order valence-corrected chi connectivity index (χ3v) is 5.97. The molecule has 2 heterocycles. The maximum atomic E-state index is 12.8. The first kappa shape index (κ1) is 28.9. The fourth-order valence-electron chi connectivity index (χ4n) is 3.78. The molecule has 36 heavy (non-hydrogen) atoms. The number of rotatable bonds is 9. The molecule has 11 nitrogen and oxygen atoms in total. The fraction of sp³-hybridized carbons (Fsp3) is 0.500. The van der Waals surface area contributed by atoms with Crippen LogP contribution in [0.5, 0.6) is 0 Å². The van der Waals surface area contributed by atoms with Crippen molar-refractivity contribution in [3.05, 3.63) is 34.9 Å². The lowest BCUT2D eigenvalue weighted by molar-refractivity contribution is -0.151. The Labute approximate surface area is 215 Å². The average molecular weight is 522 g/mol. The predicted molar refractivity (Wildman–Crippen MR) is 131 cm³/mol. The van der Waals surface area contributed by atoms with E-state index in [1.54, 1.807) is 19.2 Å². The number of aldehydes is 2. The van der Waals surface area contributed by atoms with Gasteiger partial charge in [0.1, 0.15) is 24.4 Å². The third kappa shape index (κ3) is 8.42. The molecule has 4 amide bonds. The summed E-state index contributed by atoms with van der Waals surface area (Å²) in [7, 11) is 1.65. The quantitative estimate of drug-likeness (QED) is 0.467. The number of halogens is 1. The van der Waals surface area contributed by atoms with Crippen molar-refractivity contribution in [2.24, 2.45) is 0 Å². The summed E-state index contributed by atoms with van der Waals surface area (Å²) in [4.78, 5) is 69.2. The lowest BCUT2D eigenvalue weighted by atomic mass is 10.1. The van der Waals surface area contributed by atoms with Crippen LogP contribution in [0.3, 0.4) is 0 Å². The van der Waals surface area contributed by atoms with Crippen molar-refractivity contribution >= 4 is 47.8 Å². The number of hydrogen-bond acceptors (Lipinski definition) is 7. The first-order chi connectivity index (χ1) is 17.2. The Morgan fingerprint density at radius 2 is 1.86 bits per heavy atom. The molecule has 0 spiro atoms. The molecule has 0 bridgehead atoms. The van der Waals surface area contributed by atoms with Gasteiger partial charge in [-0.2, -0.15) is 0 Å². The van der Waals surface area contributed by atoms with E-state index in [-0.39, 0.29) is 43.0 Å². The van der Waals surface area contributed by atoms with Crippen LogP contribution < -0.4 is 10.7 Å². The Hall–Kier alpha value is -3.31. The number of nitrogens with zero attached hydrogens (tertiary/aromatic N) is 3. The number of hydrogen-bond donors (Lipinski definition) is 2. The maximum Gasteiger partial charge on any atom is 0.358 e. The topological polar surface area (TPSA) is 136 Å². The molecule has 0 saturated carbocycles. The molecule has 0 radical (unpaired) electrons. The van der Waals surface area contributed by atoms with Gasteiger partial charge in [-0.3, -0.25) is 19.8 Å². The summed E-state index contributed by atoms with van der Waals surface area (Å²) in [5.74, 6) is -0.534. The van der Waals surface area contributed by atoms with Crippen molar-refractivity contribution in [3.63, 3.8) is 0 Å². The Bertz CT molecular complexity index is 957. The third-order valence-electron chi connectivity index (χ3n) is 5.72. The van der Waals surface area contributed by atoms with E-state index in [1.807, 2.05) is 12.1 Å². The van der Waals surface area contributed by atoms with Crippen LogP contribution in [0.25, 0.3) is 0 Å². The van der Waals surface area contributed by atoms with Gasteiger partial charge in [0, 0.05) is 30.8 Å². The average Bonchev–Trinajstić information content (AvgIpc) is 2.99. The van der Waals surface area contributed by atoms with Gasteiger partial charge in [-0.25, -0.2) is 19.8 Å². The molecule has 2 fully saturated rings. The minimum Gasteiger partial charge on any atom is -0.310 e. The van der Waals surface area contributed by atoms with Crippen LogP contribution in [-0.2, 0) is 30.4 Å². The van der Waals surface area contributed by atoms with Crippen LogP contribution in [0.1, 0.15) is 44.6 Å². The molecule has 2 aliphatic heterocycles. The smallest absolute Gasteiger partial charge is 0.310 e. The molecule has 0 aromatic heterocycles. The van der Waals surface area contributed by atoms with Gasteiger partial charge >= 0.3 is 6.03 Å². The summed E-state index contributed by atoms with van der Waals surface area (Å²) in [6, 6.07) is 5.63. The molecular formula is C24H32ClN5O6. The molecular weight excluding hydrogens is 490 g/mol. The largest absolute Gasteiger partial charge is 0.358 e. The van der Waals surface area contributed by atoms with Crippen molar-refractivity contribution in [1.82, 2.24) is 25.8 Å². The van der Waals surface area contributed by atoms with Gasteiger partial charge in [-0.15, -0.1) is 0 Å². The second-order valence-corrected chi connectivity index (χ2v) is 8.93. The van der Waals surface area contributed by atoms with Gasteiger partial charge < -0.3 is 14.9 Å². The Balaban J connectivity index is 0.000000434. The number of ketones is 1. The van der Waals surface area contributed by atoms with E-state index < -0.39 is 12.1 Å². The van der Waals surface area contributed by atoms with E-state index in [4.69, 9.17) is 11.6 Å². The standard InChI is InChI=1S/C18H21ClN4O4.C6H11NO2/c19-14-6-3-13(4-7-14)5-8-16(25)20-21-11-9-17(26)22-10-1-2-15(12-24)23(22)18(21)27;1-5(9)3-6(4-8)7-2/h3-4,6-7,12,15H,1-2,5,8-11H2,(H,20,25);4,6-7H,3H2,1-2H3/t15-;6-/m00/s1. The Kier molecular flexibility index (Phi) is 11.5. The van der Waals surface area contributed by atoms with Crippen LogP contribution in [-0.4, -0.2) is 83.4 Å². The van der Waals surface area contributed by atoms with Crippen molar-refractivity contribution in [2.45, 2.75) is 57.5 Å². The highest BCUT2D eigenvalue weighted by Crippen LogP contribution is 2.22. The van der Waals surface area contributed by atoms with Crippen molar-refractivity contribution in [3.8, 4) is 0 Å². The molecule has 2 aliphatic rings. The highest BCUT2D eigenvalue weighted by atomic mass is 35.5. The number of urea groups is 1. The van der Waals surface area contributed by atoms with Crippen molar-refractivity contribution in [2.75, 3.05) is 20.1 Å². The van der Waals surface area contributed by atoms with Gasteiger partial charge in [0.15, 0.2) is 0 Å². The zero-order valence-electron chi connectivity index (χ0n) is 20.4. The predicted octanol–water partition coefficient (Wildman–Crippen LogP) is 1.29. The molecule has 3 rings (SSSR count). The summed E-state index contributed by atoms with van der Waals surface area (Å²) in [6.07, 6.45) is 3.62. The van der Waals surface area contributed by atoms with Gasteiger partial charge in [-0.1, -0.05) is 23.7 Å². The summed E-state index contributed by atoms with van der Waals surface area (Å²) in [6.45, 7) is 1.93. The molecule has 1 aromatic rings. The van der Waals surface area contributed by atoms with Crippen molar-refractivity contribution < 1.29 is 28.8 Å². The second kappa shape index (κ2) is 14.3. The second-order valence-electron chi connectivity index (χ2n) is 8.49. The Morgan fingerprint density at radius 1 is 1.17 bits per heavy atom. The van der Waals surface area contributed by atoms with E-state index in [9.17, 15) is 28.8 Å². The fourth-order valence-corrected chi connectivity index (χ4v) is 3.90. The molecule has 0 unspecified atom stereocenters. The Morgan fingerprint density at radius 3 is 2.42 bits per heavy atom. The number of likely N-dealkylation sites (N-methyl/N-ethyl adjacent to an activating group) is 1. The van der Waals surface area contributed by atoms with Gasteiger partial charge in [0.25, 0.3) is 0 Å². The molecule has 2 atom stereocenters. The van der Waals surface area contributed by atoms with Gasteiger partial charge in [-0.05, 0) is 50.9 Å². The molecule has 0 aliphatic carbocycles. The van der Waals surface area contributed by atoms with E-state index in [2.05, 4.69) is 10.7 Å². The maximum absolute atomic E-state index is 12.8. The van der Waals surface area contributed by atoms with Crippen LogP contribution >= 0.6 is 11.6 Å². The molecule has 12 heteroatoms. The monoisotopic (exact) mass is 521 g/mol. The zero-order valence-corrected chi connectivity index (χ0v) is 21.2. The SMILES string of the molecule is CN[C@H](C=O)CC(C)=O.O=C[C@@H]1CCCN2C(=O)CCN(NC(=O)CCc3ccc(Cl)cc3)C(=O)N12. The summed E-state index contributed by atoms with van der Waals surface area (Å²) >= 11 is 5.84. The number of nitrogens with one attached hydrogen (secondary N) is 2.